The summed E-state index contributed by atoms with van der Waals surface area (Å²) >= 11 is 0. The standard InChI is InChI=1S/C13H17N3O8/c1-6(17)22-5-9(19)12-11(23-7(2)18)8(15-16-14)4-10(24-12)13(20)21-3/h4,8-9,11-12,19H,5H2,1-3H3/t8-,9+,11-,12-/m1/s1. The normalized spacial score (nSPS) is 23.7. The van der Waals surface area contributed by atoms with Crippen molar-refractivity contribution < 1.29 is 38.4 Å². The van der Waals surface area contributed by atoms with Gasteiger partial charge in [-0.15, -0.1) is 0 Å². The van der Waals surface area contributed by atoms with Crippen molar-refractivity contribution in [1.29, 1.82) is 0 Å². The Morgan fingerprint density at radius 2 is 2.08 bits per heavy atom. The maximum Gasteiger partial charge on any atom is 0.372 e. The van der Waals surface area contributed by atoms with E-state index in [1.807, 2.05) is 0 Å². The Bertz CT molecular complexity index is 584. The molecule has 0 radical (unpaired) electrons. The molecule has 11 nitrogen and oxygen atoms in total. The molecule has 0 bridgehead atoms. The van der Waals surface area contributed by atoms with Gasteiger partial charge in [0.25, 0.3) is 0 Å². The summed E-state index contributed by atoms with van der Waals surface area (Å²) in [5, 5.41) is 13.6. The molecule has 1 rings (SSSR count). The fourth-order valence-corrected chi connectivity index (χ4v) is 2.00. The molecule has 1 N–H and O–H groups in total. The van der Waals surface area contributed by atoms with Gasteiger partial charge < -0.3 is 24.1 Å². The molecule has 1 aliphatic rings. The van der Waals surface area contributed by atoms with Crippen molar-refractivity contribution in [2.75, 3.05) is 13.7 Å². The average molecular weight is 343 g/mol. The zero-order chi connectivity index (χ0) is 18.3. The highest BCUT2D eigenvalue weighted by Crippen LogP contribution is 2.26. The number of azide groups is 1. The first-order valence-electron chi connectivity index (χ1n) is 6.79. The van der Waals surface area contributed by atoms with Crippen LogP contribution in [0.2, 0.25) is 0 Å². The van der Waals surface area contributed by atoms with Gasteiger partial charge in [0.2, 0.25) is 5.76 Å². The number of carbonyl (C=O) groups excluding carboxylic acids is 3. The van der Waals surface area contributed by atoms with Gasteiger partial charge in [-0.1, -0.05) is 5.11 Å². The highest BCUT2D eigenvalue weighted by Gasteiger charge is 2.43. The van der Waals surface area contributed by atoms with Gasteiger partial charge in [-0.2, -0.15) is 0 Å². The molecule has 0 unspecified atom stereocenters. The number of esters is 3. The predicted molar refractivity (Wildman–Crippen MR) is 76.1 cm³/mol. The third-order valence-corrected chi connectivity index (χ3v) is 2.96. The van der Waals surface area contributed by atoms with Crippen LogP contribution in [-0.4, -0.2) is 61.1 Å². The summed E-state index contributed by atoms with van der Waals surface area (Å²) in [6, 6.07) is -1.13. The SMILES string of the molecule is COC(=O)C1=C[C@@H](N=[N+]=[N-])[C@@H](OC(C)=O)[C@@H]([C@@H](O)COC(C)=O)O1. The minimum atomic E-state index is -1.46. The minimum Gasteiger partial charge on any atom is -0.477 e. The van der Waals surface area contributed by atoms with Crippen LogP contribution in [0, 0.1) is 0 Å². The molecule has 1 heterocycles. The Balaban J connectivity index is 3.16. The highest BCUT2D eigenvalue weighted by atomic mass is 16.6. The maximum absolute atomic E-state index is 11.7. The molecule has 0 aromatic heterocycles. The summed E-state index contributed by atoms with van der Waals surface area (Å²) in [6.07, 6.45) is -2.88. The first-order valence-corrected chi connectivity index (χ1v) is 6.79. The van der Waals surface area contributed by atoms with Crippen LogP contribution in [-0.2, 0) is 33.3 Å². The molecule has 0 aromatic rings. The molecule has 0 aromatic carbocycles. The van der Waals surface area contributed by atoms with Crippen LogP contribution in [0.25, 0.3) is 10.4 Å². The minimum absolute atomic E-state index is 0.329. The van der Waals surface area contributed by atoms with Crippen LogP contribution in [0.5, 0.6) is 0 Å². The lowest BCUT2D eigenvalue weighted by Gasteiger charge is -2.36. The lowest BCUT2D eigenvalue weighted by atomic mass is 9.97. The smallest absolute Gasteiger partial charge is 0.372 e. The van der Waals surface area contributed by atoms with Gasteiger partial charge in [-0.3, -0.25) is 9.59 Å². The number of ether oxygens (including phenoxy) is 4. The summed E-state index contributed by atoms with van der Waals surface area (Å²) in [6.45, 7) is 1.78. The van der Waals surface area contributed by atoms with E-state index in [0.29, 0.717) is 0 Å². The van der Waals surface area contributed by atoms with Crippen LogP contribution in [0.15, 0.2) is 16.9 Å². The monoisotopic (exact) mass is 343 g/mol. The van der Waals surface area contributed by atoms with E-state index in [0.717, 1.165) is 27.0 Å². The van der Waals surface area contributed by atoms with Gasteiger partial charge in [0, 0.05) is 18.8 Å². The summed E-state index contributed by atoms with van der Waals surface area (Å²) in [4.78, 5) is 36.4. The lowest BCUT2D eigenvalue weighted by Crippen LogP contribution is -2.51. The zero-order valence-corrected chi connectivity index (χ0v) is 13.2. The van der Waals surface area contributed by atoms with Crippen LogP contribution >= 0.6 is 0 Å². The summed E-state index contributed by atoms with van der Waals surface area (Å²) < 4.78 is 19.5. The van der Waals surface area contributed by atoms with Gasteiger partial charge in [-0.05, 0) is 11.6 Å². The summed E-state index contributed by atoms with van der Waals surface area (Å²) in [5.41, 5.74) is 8.65. The van der Waals surface area contributed by atoms with Crippen molar-refractivity contribution in [3.63, 3.8) is 0 Å². The number of carbonyl (C=O) groups is 3. The molecular weight excluding hydrogens is 326 g/mol. The van der Waals surface area contributed by atoms with Crippen LogP contribution in [0.3, 0.4) is 0 Å². The van der Waals surface area contributed by atoms with Gasteiger partial charge in [-0.25, -0.2) is 4.79 Å². The van der Waals surface area contributed by atoms with Gasteiger partial charge in [0.15, 0.2) is 12.2 Å². The van der Waals surface area contributed by atoms with Crippen molar-refractivity contribution >= 4 is 17.9 Å². The number of aliphatic hydroxyl groups excluding tert-OH is 1. The maximum atomic E-state index is 11.7. The molecule has 4 atom stereocenters. The summed E-state index contributed by atoms with van der Waals surface area (Å²) in [5.74, 6) is -2.57. The van der Waals surface area contributed by atoms with Crippen molar-refractivity contribution in [1.82, 2.24) is 0 Å². The van der Waals surface area contributed by atoms with E-state index in [1.54, 1.807) is 0 Å². The number of methoxy groups -OCH3 is 1. The van der Waals surface area contributed by atoms with Crippen LogP contribution < -0.4 is 0 Å². The molecule has 0 fully saturated rings. The van der Waals surface area contributed by atoms with Gasteiger partial charge in [0.1, 0.15) is 18.8 Å². The van der Waals surface area contributed by atoms with E-state index < -0.39 is 48.9 Å². The van der Waals surface area contributed by atoms with Crippen LogP contribution in [0.4, 0.5) is 0 Å². The zero-order valence-electron chi connectivity index (χ0n) is 13.2. The fourth-order valence-electron chi connectivity index (χ4n) is 2.00. The van der Waals surface area contributed by atoms with E-state index in [4.69, 9.17) is 15.0 Å². The third-order valence-electron chi connectivity index (χ3n) is 2.96. The van der Waals surface area contributed by atoms with Crippen molar-refractivity contribution in [3.05, 3.63) is 22.3 Å². The number of nitrogens with zero attached hydrogens (tertiary/aromatic N) is 3. The van der Waals surface area contributed by atoms with Crippen molar-refractivity contribution in [2.24, 2.45) is 5.11 Å². The fraction of sp³-hybridized carbons (Fsp3) is 0.615. The highest BCUT2D eigenvalue weighted by molar-refractivity contribution is 5.86. The molecular formula is C13H17N3O8. The van der Waals surface area contributed by atoms with Crippen LogP contribution in [0.1, 0.15) is 13.8 Å². The molecule has 132 valence electrons. The molecule has 0 spiro atoms. The van der Waals surface area contributed by atoms with Crippen molar-refractivity contribution in [2.45, 2.75) is 38.2 Å². The largest absolute Gasteiger partial charge is 0.477 e. The number of aliphatic hydroxyl groups is 1. The second-order valence-corrected chi connectivity index (χ2v) is 4.74. The molecule has 0 saturated heterocycles. The molecule has 0 saturated carbocycles. The summed E-state index contributed by atoms with van der Waals surface area (Å²) in [7, 11) is 1.11. The molecule has 11 heteroatoms. The Labute approximate surface area is 136 Å². The second kappa shape index (κ2) is 8.75. The van der Waals surface area contributed by atoms with E-state index in [-0.39, 0.29) is 5.76 Å². The van der Waals surface area contributed by atoms with E-state index in [9.17, 15) is 19.5 Å². The topological polar surface area (TPSA) is 157 Å². The number of hydrogen-bond acceptors (Lipinski definition) is 9. The first kappa shape index (κ1) is 19.3. The van der Waals surface area contributed by atoms with E-state index in [1.165, 1.54) is 0 Å². The quantitative estimate of drug-likeness (QED) is 0.232. The van der Waals surface area contributed by atoms with Gasteiger partial charge in [0.05, 0.1) is 7.11 Å². The first-order chi connectivity index (χ1) is 11.3. The van der Waals surface area contributed by atoms with E-state index in [2.05, 4.69) is 19.5 Å². The van der Waals surface area contributed by atoms with Gasteiger partial charge >= 0.3 is 17.9 Å². The molecule has 0 aliphatic carbocycles. The third kappa shape index (κ3) is 5.14. The lowest BCUT2D eigenvalue weighted by molar-refractivity contribution is -0.172. The number of hydrogen-bond donors (Lipinski definition) is 1. The average Bonchev–Trinajstić information content (AvgIpc) is 2.52. The molecule has 24 heavy (non-hydrogen) atoms. The van der Waals surface area contributed by atoms with E-state index >= 15 is 0 Å². The Hall–Kier alpha value is -2.78. The number of rotatable bonds is 6. The predicted octanol–water partition coefficient (Wildman–Crippen LogP) is -0.0233. The second-order valence-electron chi connectivity index (χ2n) is 4.74. The Morgan fingerprint density at radius 1 is 1.42 bits per heavy atom. The van der Waals surface area contributed by atoms with Crippen molar-refractivity contribution in [3.8, 4) is 0 Å². The molecule has 0 amide bonds. The Morgan fingerprint density at radius 3 is 2.58 bits per heavy atom. The molecule has 1 aliphatic heterocycles. The Kier molecular flexibility index (Phi) is 7.02.